The monoisotopic (exact) mass is 235 g/mol. The second-order valence-corrected chi connectivity index (χ2v) is 5.69. The zero-order chi connectivity index (χ0) is 12.3. The molecule has 0 bridgehead atoms. The Labute approximate surface area is 105 Å². The van der Waals surface area contributed by atoms with Crippen LogP contribution >= 0.6 is 0 Å². The fourth-order valence-electron chi connectivity index (χ4n) is 2.79. The lowest BCUT2D eigenvalue weighted by Gasteiger charge is -2.31. The highest BCUT2D eigenvalue weighted by molar-refractivity contribution is 4.91. The van der Waals surface area contributed by atoms with E-state index in [2.05, 4.69) is 35.8 Å². The highest BCUT2D eigenvalue weighted by atomic mass is 15.1. The molecule has 1 aliphatic carbocycles. The van der Waals surface area contributed by atoms with Crippen LogP contribution in [0.15, 0.2) is 12.4 Å². The summed E-state index contributed by atoms with van der Waals surface area (Å²) in [6, 6.07) is 0.696. The molecule has 3 nitrogen and oxygen atoms in total. The van der Waals surface area contributed by atoms with Gasteiger partial charge in [-0.2, -0.15) is 0 Å². The van der Waals surface area contributed by atoms with Gasteiger partial charge in [0, 0.05) is 25.5 Å². The number of nitrogens with zero attached hydrogens (tertiary/aromatic N) is 2. The Morgan fingerprint density at radius 3 is 2.59 bits per heavy atom. The number of hydrogen-bond donors (Lipinski definition) is 1. The predicted octanol–water partition coefficient (Wildman–Crippen LogP) is 2.72. The van der Waals surface area contributed by atoms with Crippen molar-refractivity contribution < 1.29 is 0 Å². The fourth-order valence-corrected chi connectivity index (χ4v) is 2.79. The van der Waals surface area contributed by atoms with Crippen LogP contribution in [0, 0.1) is 11.8 Å². The van der Waals surface area contributed by atoms with Crippen LogP contribution in [0.25, 0.3) is 0 Å². The van der Waals surface area contributed by atoms with Gasteiger partial charge in [0.25, 0.3) is 0 Å². The number of aromatic nitrogens is 2. The molecule has 1 N–H and O–H groups in total. The molecule has 1 heterocycles. The van der Waals surface area contributed by atoms with Gasteiger partial charge in [-0.1, -0.05) is 13.8 Å². The summed E-state index contributed by atoms with van der Waals surface area (Å²) in [5.41, 5.74) is 0. The van der Waals surface area contributed by atoms with Crippen LogP contribution in [0.4, 0.5) is 0 Å². The average molecular weight is 235 g/mol. The SMILES string of the molecule is CC(C)C1CCC(NCc2nccn2C)CC1. The number of hydrogen-bond acceptors (Lipinski definition) is 2. The van der Waals surface area contributed by atoms with E-state index in [9.17, 15) is 0 Å². The topological polar surface area (TPSA) is 29.9 Å². The minimum absolute atomic E-state index is 0.696. The van der Waals surface area contributed by atoms with Crippen LogP contribution < -0.4 is 5.32 Å². The third kappa shape index (κ3) is 3.32. The van der Waals surface area contributed by atoms with Crippen molar-refractivity contribution in [1.29, 1.82) is 0 Å². The van der Waals surface area contributed by atoms with Crippen LogP contribution in [-0.2, 0) is 13.6 Å². The molecule has 0 aliphatic heterocycles. The van der Waals surface area contributed by atoms with E-state index in [1.54, 1.807) is 0 Å². The second kappa shape index (κ2) is 5.67. The van der Waals surface area contributed by atoms with E-state index in [1.165, 1.54) is 25.7 Å². The summed E-state index contributed by atoms with van der Waals surface area (Å²) in [7, 11) is 2.06. The summed E-state index contributed by atoms with van der Waals surface area (Å²) < 4.78 is 2.09. The van der Waals surface area contributed by atoms with Gasteiger partial charge in [0.05, 0.1) is 6.54 Å². The summed E-state index contributed by atoms with van der Waals surface area (Å²) in [6.45, 7) is 5.61. The Morgan fingerprint density at radius 1 is 1.35 bits per heavy atom. The summed E-state index contributed by atoms with van der Waals surface area (Å²) >= 11 is 0. The van der Waals surface area contributed by atoms with Gasteiger partial charge in [-0.15, -0.1) is 0 Å². The molecule has 1 aliphatic rings. The van der Waals surface area contributed by atoms with Crippen LogP contribution in [-0.4, -0.2) is 15.6 Å². The molecule has 1 fully saturated rings. The van der Waals surface area contributed by atoms with E-state index in [-0.39, 0.29) is 0 Å². The first-order valence-electron chi connectivity index (χ1n) is 6.86. The third-order valence-corrected chi connectivity index (χ3v) is 4.18. The Balaban J connectivity index is 1.74. The molecule has 0 atom stereocenters. The molecule has 3 heteroatoms. The van der Waals surface area contributed by atoms with E-state index >= 15 is 0 Å². The van der Waals surface area contributed by atoms with Gasteiger partial charge in [-0.05, 0) is 37.5 Å². The van der Waals surface area contributed by atoms with E-state index in [4.69, 9.17) is 0 Å². The average Bonchev–Trinajstić information content (AvgIpc) is 2.73. The van der Waals surface area contributed by atoms with Crippen LogP contribution in [0.2, 0.25) is 0 Å². The van der Waals surface area contributed by atoms with Crippen molar-refractivity contribution in [3.8, 4) is 0 Å². The largest absolute Gasteiger partial charge is 0.337 e. The molecule has 0 aromatic carbocycles. The smallest absolute Gasteiger partial charge is 0.122 e. The molecule has 0 amide bonds. The minimum atomic E-state index is 0.696. The number of rotatable bonds is 4. The van der Waals surface area contributed by atoms with Gasteiger partial charge < -0.3 is 9.88 Å². The molecule has 0 unspecified atom stereocenters. The van der Waals surface area contributed by atoms with Crippen molar-refractivity contribution in [2.75, 3.05) is 0 Å². The molecule has 1 saturated carbocycles. The summed E-state index contributed by atoms with van der Waals surface area (Å²) in [5.74, 6) is 2.93. The Hall–Kier alpha value is -0.830. The fraction of sp³-hybridized carbons (Fsp3) is 0.786. The standard InChI is InChI=1S/C14H25N3/c1-11(2)12-4-6-13(7-5-12)16-10-14-15-8-9-17(14)3/h8-9,11-13,16H,4-7,10H2,1-3H3. The van der Waals surface area contributed by atoms with Crippen molar-refractivity contribution >= 4 is 0 Å². The van der Waals surface area contributed by atoms with Gasteiger partial charge in [0.2, 0.25) is 0 Å². The molecule has 0 radical (unpaired) electrons. The summed E-state index contributed by atoms with van der Waals surface area (Å²) in [5, 5.41) is 3.64. The Morgan fingerprint density at radius 2 is 2.06 bits per heavy atom. The maximum atomic E-state index is 4.34. The summed E-state index contributed by atoms with van der Waals surface area (Å²) in [6.07, 6.45) is 9.30. The molecule has 2 rings (SSSR count). The number of aryl methyl sites for hydroxylation is 1. The van der Waals surface area contributed by atoms with E-state index < -0.39 is 0 Å². The first kappa shape index (κ1) is 12.6. The van der Waals surface area contributed by atoms with Gasteiger partial charge >= 0.3 is 0 Å². The highest BCUT2D eigenvalue weighted by Crippen LogP contribution is 2.29. The zero-order valence-electron chi connectivity index (χ0n) is 11.3. The molecule has 96 valence electrons. The minimum Gasteiger partial charge on any atom is -0.337 e. The molecule has 1 aromatic rings. The van der Waals surface area contributed by atoms with Crippen molar-refractivity contribution in [3.05, 3.63) is 18.2 Å². The molecule has 1 aromatic heterocycles. The predicted molar refractivity (Wildman–Crippen MR) is 70.6 cm³/mol. The highest BCUT2D eigenvalue weighted by Gasteiger charge is 2.22. The van der Waals surface area contributed by atoms with Gasteiger partial charge in [-0.3, -0.25) is 0 Å². The van der Waals surface area contributed by atoms with Crippen LogP contribution in [0.5, 0.6) is 0 Å². The molecule has 0 spiro atoms. The lowest BCUT2D eigenvalue weighted by molar-refractivity contribution is 0.237. The number of imidazole rings is 1. The Kier molecular flexibility index (Phi) is 4.21. The van der Waals surface area contributed by atoms with E-state index in [0.717, 1.165) is 24.2 Å². The summed E-state index contributed by atoms with van der Waals surface area (Å²) in [4.78, 5) is 4.34. The van der Waals surface area contributed by atoms with E-state index in [0.29, 0.717) is 6.04 Å². The lowest BCUT2D eigenvalue weighted by Crippen LogP contribution is -2.34. The first-order chi connectivity index (χ1) is 8.16. The zero-order valence-corrected chi connectivity index (χ0v) is 11.3. The van der Waals surface area contributed by atoms with Crippen molar-refractivity contribution in [2.24, 2.45) is 18.9 Å². The molecular weight excluding hydrogens is 210 g/mol. The van der Waals surface area contributed by atoms with Crippen LogP contribution in [0.1, 0.15) is 45.4 Å². The Bertz CT molecular complexity index is 335. The third-order valence-electron chi connectivity index (χ3n) is 4.18. The maximum absolute atomic E-state index is 4.34. The quantitative estimate of drug-likeness (QED) is 0.869. The van der Waals surface area contributed by atoms with Crippen LogP contribution in [0.3, 0.4) is 0 Å². The van der Waals surface area contributed by atoms with Crippen molar-refractivity contribution in [1.82, 2.24) is 14.9 Å². The number of nitrogens with one attached hydrogen (secondary N) is 1. The van der Waals surface area contributed by atoms with Crippen molar-refractivity contribution in [3.63, 3.8) is 0 Å². The lowest BCUT2D eigenvalue weighted by atomic mass is 9.80. The van der Waals surface area contributed by atoms with Gasteiger partial charge in [-0.25, -0.2) is 4.98 Å². The van der Waals surface area contributed by atoms with Gasteiger partial charge in [0.15, 0.2) is 0 Å². The van der Waals surface area contributed by atoms with Crippen molar-refractivity contribution in [2.45, 2.75) is 52.1 Å². The molecule has 17 heavy (non-hydrogen) atoms. The molecular formula is C14H25N3. The van der Waals surface area contributed by atoms with Gasteiger partial charge in [0.1, 0.15) is 5.82 Å². The maximum Gasteiger partial charge on any atom is 0.122 e. The first-order valence-corrected chi connectivity index (χ1v) is 6.86. The second-order valence-electron chi connectivity index (χ2n) is 5.69. The normalized spacial score (nSPS) is 25.4. The molecule has 0 saturated heterocycles. The van der Waals surface area contributed by atoms with E-state index in [1.807, 2.05) is 12.4 Å².